The molecule has 2 aromatic carbocycles. The van der Waals surface area contributed by atoms with Gasteiger partial charge in [-0.05, 0) is 36.4 Å². The largest absolute Gasteiger partial charge is 0.508 e. The number of benzene rings is 2. The number of aromatic hydroxyl groups is 1. The van der Waals surface area contributed by atoms with E-state index in [0.717, 1.165) is 0 Å². The molecule has 0 aliphatic rings. The van der Waals surface area contributed by atoms with Crippen molar-refractivity contribution in [3.8, 4) is 17.2 Å². The summed E-state index contributed by atoms with van der Waals surface area (Å²) in [4.78, 5) is 11.6. The van der Waals surface area contributed by atoms with E-state index in [1.165, 1.54) is 30.3 Å². The molecule has 0 bridgehead atoms. The van der Waals surface area contributed by atoms with Gasteiger partial charge in [0, 0.05) is 5.02 Å². The molecule has 3 rings (SSSR count). The zero-order valence-corrected chi connectivity index (χ0v) is 12.0. The highest BCUT2D eigenvalue weighted by Crippen LogP contribution is 2.35. The Morgan fingerprint density at radius 2 is 1.81 bits per heavy atom. The molecule has 6 heteroatoms. The predicted octanol–water partition coefficient (Wildman–Crippen LogP) is 4.60. The molecule has 0 aliphatic carbocycles. The van der Waals surface area contributed by atoms with Crippen molar-refractivity contribution in [1.82, 2.24) is 0 Å². The van der Waals surface area contributed by atoms with Crippen LogP contribution in [0.5, 0.6) is 17.2 Å². The third-order valence-electron chi connectivity index (χ3n) is 2.80. The number of halogens is 2. The first-order chi connectivity index (χ1) is 10.0. The Bertz CT molecular complexity index is 886. The van der Waals surface area contributed by atoms with E-state index in [-0.39, 0.29) is 11.5 Å². The molecule has 1 heterocycles. The standard InChI is InChI=1S/C15H8Cl2O4/c16-8-1-3-13(11(17)5-8)20-14-7-15(19)21-12-4-2-9(18)6-10(12)14/h1-7,18H. The SMILES string of the molecule is O=c1cc(Oc2ccc(Cl)cc2Cl)c2cc(O)ccc2o1. The third kappa shape index (κ3) is 2.82. The predicted molar refractivity (Wildman–Crippen MR) is 80.7 cm³/mol. The number of rotatable bonds is 2. The molecule has 0 spiro atoms. The maximum absolute atomic E-state index is 11.6. The van der Waals surface area contributed by atoms with Crippen molar-refractivity contribution in [3.63, 3.8) is 0 Å². The summed E-state index contributed by atoms with van der Waals surface area (Å²) in [5, 5.41) is 10.8. The van der Waals surface area contributed by atoms with Crippen molar-refractivity contribution >= 4 is 34.2 Å². The summed E-state index contributed by atoms with van der Waals surface area (Å²) in [6.45, 7) is 0. The molecule has 0 aliphatic heterocycles. The zero-order valence-electron chi connectivity index (χ0n) is 10.5. The van der Waals surface area contributed by atoms with Gasteiger partial charge in [0.05, 0.1) is 16.5 Å². The molecule has 0 fully saturated rings. The molecule has 0 radical (unpaired) electrons. The summed E-state index contributed by atoms with van der Waals surface area (Å²) in [6.07, 6.45) is 0. The maximum Gasteiger partial charge on any atom is 0.339 e. The van der Waals surface area contributed by atoms with Crippen LogP contribution in [-0.2, 0) is 0 Å². The van der Waals surface area contributed by atoms with Crippen LogP contribution in [0.2, 0.25) is 10.0 Å². The lowest BCUT2D eigenvalue weighted by Crippen LogP contribution is -1.98. The Morgan fingerprint density at radius 1 is 1.00 bits per heavy atom. The summed E-state index contributed by atoms with van der Waals surface area (Å²) < 4.78 is 10.7. The second-order valence-electron chi connectivity index (χ2n) is 4.29. The van der Waals surface area contributed by atoms with Gasteiger partial charge in [-0.25, -0.2) is 4.79 Å². The van der Waals surface area contributed by atoms with E-state index in [1.807, 2.05) is 0 Å². The smallest absolute Gasteiger partial charge is 0.339 e. The average molecular weight is 323 g/mol. The van der Waals surface area contributed by atoms with Crippen molar-refractivity contribution < 1.29 is 14.3 Å². The van der Waals surface area contributed by atoms with Gasteiger partial charge in [0.25, 0.3) is 0 Å². The molecule has 1 aromatic heterocycles. The van der Waals surface area contributed by atoms with Crippen molar-refractivity contribution in [2.45, 2.75) is 0 Å². The Morgan fingerprint density at radius 3 is 2.57 bits per heavy atom. The highest BCUT2D eigenvalue weighted by Gasteiger charge is 2.11. The first-order valence-corrected chi connectivity index (χ1v) is 6.68. The maximum atomic E-state index is 11.6. The van der Waals surface area contributed by atoms with Crippen molar-refractivity contribution in [3.05, 3.63) is 62.9 Å². The number of hydrogen-bond acceptors (Lipinski definition) is 4. The molecule has 106 valence electrons. The van der Waals surface area contributed by atoms with Gasteiger partial charge in [-0.1, -0.05) is 23.2 Å². The van der Waals surface area contributed by atoms with Crippen molar-refractivity contribution in [2.75, 3.05) is 0 Å². The van der Waals surface area contributed by atoms with E-state index >= 15 is 0 Å². The van der Waals surface area contributed by atoms with Gasteiger partial charge >= 0.3 is 5.63 Å². The first-order valence-electron chi connectivity index (χ1n) is 5.93. The molecule has 0 saturated carbocycles. The van der Waals surface area contributed by atoms with Crippen LogP contribution in [-0.4, -0.2) is 5.11 Å². The summed E-state index contributed by atoms with van der Waals surface area (Å²) in [6, 6.07) is 10.3. The van der Waals surface area contributed by atoms with Crippen molar-refractivity contribution in [1.29, 1.82) is 0 Å². The van der Waals surface area contributed by atoms with Crippen LogP contribution in [0.1, 0.15) is 0 Å². The van der Waals surface area contributed by atoms with Crippen LogP contribution >= 0.6 is 23.2 Å². The number of phenolic OH excluding ortho intramolecular Hbond substituents is 1. The molecule has 0 unspecified atom stereocenters. The van der Waals surface area contributed by atoms with Crippen LogP contribution in [0.15, 0.2) is 51.7 Å². The summed E-state index contributed by atoms with van der Waals surface area (Å²) in [7, 11) is 0. The van der Waals surface area contributed by atoms with E-state index in [1.54, 1.807) is 12.1 Å². The van der Waals surface area contributed by atoms with Gasteiger partial charge in [0.15, 0.2) is 0 Å². The molecule has 3 aromatic rings. The molecule has 4 nitrogen and oxygen atoms in total. The molecular weight excluding hydrogens is 315 g/mol. The van der Waals surface area contributed by atoms with E-state index in [0.29, 0.717) is 26.8 Å². The van der Waals surface area contributed by atoms with Gasteiger partial charge in [-0.2, -0.15) is 0 Å². The summed E-state index contributed by atoms with van der Waals surface area (Å²) >= 11 is 11.9. The Hall–Kier alpha value is -2.17. The Balaban J connectivity index is 2.15. The van der Waals surface area contributed by atoms with Gasteiger partial charge in [-0.3, -0.25) is 0 Å². The number of ether oxygens (including phenoxy) is 1. The number of fused-ring (bicyclic) bond motifs is 1. The lowest BCUT2D eigenvalue weighted by molar-refractivity contribution is 0.466. The normalized spacial score (nSPS) is 10.8. The first kappa shape index (κ1) is 13.8. The molecule has 0 atom stereocenters. The third-order valence-corrected chi connectivity index (χ3v) is 3.33. The monoisotopic (exact) mass is 322 g/mol. The topological polar surface area (TPSA) is 59.7 Å². The lowest BCUT2D eigenvalue weighted by Gasteiger charge is -2.09. The lowest BCUT2D eigenvalue weighted by atomic mass is 10.2. The van der Waals surface area contributed by atoms with Crippen LogP contribution < -0.4 is 10.4 Å². The molecule has 0 amide bonds. The Labute approximate surface area is 129 Å². The molecule has 1 N–H and O–H groups in total. The highest BCUT2D eigenvalue weighted by molar-refractivity contribution is 6.35. The van der Waals surface area contributed by atoms with E-state index < -0.39 is 5.63 Å². The summed E-state index contributed by atoms with van der Waals surface area (Å²) in [5.41, 5.74) is -0.256. The van der Waals surface area contributed by atoms with Gasteiger partial charge in [0.2, 0.25) is 0 Å². The number of phenols is 1. The van der Waals surface area contributed by atoms with E-state index in [9.17, 15) is 9.90 Å². The van der Waals surface area contributed by atoms with Gasteiger partial charge in [-0.15, -0.1) is 0 Å². The van der Waals surface area contributed by atoms with E-state index in [2.05, 4.69) is 0 Å². The summed E-state index contributed by atoms with van der Waals surface area (Å²) in [5.74, 6) is 0.612. The molecule has 0 saturated heterocycles. The van der Waals surface area contributed by atoms with Crippen LogP contribution in [0.25, 0.3) is 11.0 Å². The fourth-order valence-corrected chi connectivity index (χ4v) is 2.33. The average Bonchev–Trinajstić information content (AvgIpc) is 2.42. The minimum absolute atomic E-state index is 0.0309. The minimum atomic E-state index is -0.562. The Kier molecular flexibility index (Phi) is 3.49. The zero-order chi connectivity index (χ0) is 15.0. The highest BCUT2D eigenvalue weighted by atomic mass is 35.5. The van der Waals surface area contributed by atoms with E-state index in [4.69, 9.17) is 32.4 Å². The van der Waals surface area contributed by atoms with Gasteiger partial charge in [0.1, 0.15) is 22.8 Å². The molecule has 21 heavy (non-hydrogen) atoms. The fraction of sp³-hybridized carbons (Fsp3) is 0. The van der Waals surface area contributed by atoms with Crippen LogP contribution in [0.4, 0.5) is 0 Å². The minimum Gasteiger partial charge on any atom is -0.508 e. The van der Waals surface area contributed by atoms with Crippen molar-refractivity contribution in [2.24, 2.45) is 0 Å². The number of hydrogen-bond donors (Lipinski definition) is 1. The second kappa shape index (κ2) is 5.31. The van der Waals surface area contributed by atoms with Crippen LogP contribution in [0, 0.1) is 0 Å². The molecular formula is C15H8Cl2O4. The fourth-order valence-electron chi connectivity index (χ4n) is 1.88. The van der Waals surface area contributed by atoms with Crippen LogP contribution in [0.3, 0.4) is 0 Å². The second-order valence-corrected chi connectivity index (χ2v) is 5.13. The van der Waals surface area contributed by atoms with Gasteiger partial charge < -0.3 is 14.3 Å². The quantitative estimate of drug-likeness (QED) is 0.700.